The van der Waals surface area contributed by atoms with E-state index in [1.807, 2.05) is 0 Å². The number of hydrogen-bond acceptors (Lipinski definition) is 3. The molecule has 0 fully saturated rings. The van der Waals surface area contributed by atoms with Gasteiger partial charge in [0, 0.05) is 11.6 Å². The fourth-order valence-corrected chi connectivity index (χ4v) is 2.03. The van der Waals surface area contributed by atoms with E-state index in [1.165, 1.54) is 12.1 Å². The van der Waals surface area contributed by atoms with E-state index in [4.69, 9.17) is 39.0 Å². The number of thiocarbonyl (C=S) groups is 1. The van der Waals surface area contributed by atoms with E-state index in [2.05, 4.69) is 0 Å². The Kier molecular flexibility index (Phi) is 4.98. The van der Waals surface area contributed by atoms with Crippen LogP contribution in [0.25, 0.3) is 0 Å². The number of ether oxygens (including phenoxy) is 2. The molecule has 2 aromatic rings. The fourth-order valence-electron chi connectivity index (χ4n) is 1.71. The van der Waals surface area contributed by atoms with Gasteiger partial charge in [-0.3, -0.25) is 0 Å². The first kappa shape index (κ1) is 15.5. The largest absolute Gasteiger partial charge is 0.497 e. The molecule has 21 heavy (non-hydrogen) atoms. The number of rotatable bonds is 5. The van der Waals surface area contributed by atoms with Crippen molar-refractivity contribution in [2.75, 3.05) is 7.11 Å². The molecule has 2 N–H and O–H groups in total. The Balaban J connectivity index is 2.17. The van der Waals surface area contributed by atoms with Gasteiger partial charge in [0.25, 0.3) is 0 Å². The normalized spacial score (nSPS) is 10.2. The predicted molar refractivity (Wildman–Crippen MR) is 84.6 cm³/mol. The molecule has 0 heterocycles. The highest BCUT2D eigenvalue weighted by Gasteiger charge is 2.06. The zero-order valence-corrected chi connectivity index (χ0v) is 12.8. The summed E-state index contributed by atoms with van der Waals surface area (Å²) in [4.78, 5) is 0.253. The predicted octanol–water partition coefficient (Wildman–Crippen LogP) is 3.70. The van der Waals surface area contributed by atoms with Crippen LogP contribution in [-0.4, -0.2) is 12.1 Å². The quantitative estimate of drug-likeness (QED) is 0.851. The summed E-state index contributed by atoms with van der Waals surface area (Å²) in [6.07, 6.45) is 0. The van der Waals surface area contributed by atoms with Gasteiger partial charge in [-0.05, 0) is 29.8 Å². The van der Waals surface area contributed by atoms with Crippen molar-refractivity contribution in [1.29, 1.82) is 0 Å². The van der Waals surface area contributed by atoms with Gasteiger partial charge in [-0.2, -0.15) is 0 Å². The molecule has 0 aliphatic carbocycles. The van der Waals surface area contributed by atoms with Crippen LogP contribution in [0, 0.1) is 5.82 Å². The molecule has 0 amide bonds. The number of hydrogen-bond donors (Lipinski definition) is 1. The third kappa shape index (κ3) is 4.06. The molecule has 0 radical (unpaired) electrons. The minimum Gasteiger partial charge on any atom is -0.497 e. The van der Waals surface area contributed by atoms with Crippen LogP contribution in [0.1, 0.15) is 11.1 Å². The third-order valence-corrected chi connectivity index (χ3v) is 3.32. The summed E-state index contributed by atoms with van der Waals surface area (Å²) in [5.41, 5.74) is 7.01. The van der Waals surface area contributed by atoms with Crippen LogP contribution >= 0.6 is 23.8 Å². The smallest absolute Gasteiger partial charge is 0.141 e. The van der Waals surface area contributed by atoms with Crippen LogP contribution in [0.4, 0.5) is 4.39 Å². The van der Waals surface area contributed by atoms with Crippen LogP contribution < -0.4 is 15.2 Å². The Bertz CT molecular complexity index is 679. The lowest BCUT2D eigenvalue weighted by Gasteiger charge is -2.10. The van der Waals surface area contributed by atoms with Gasteiger partial charge in [0.05, 0.1) is 12.1 Å². The maximum absolute atomic E-state index is 13.1. The summed E-state index contributed by atoms with van der Waals surface area (Å²) in [6.45, 7) is 0.240. The summed E-state index contributed by atoms with van der Waals surface area (Å²) in [5.74, 6) is 0.683. The van der Waals surface area contributed by atoms with Crippen molar-refractivity contribution in [2.24, 2.45) is 5.73 Å². The van der Waals surface area contributed by atoms with Crippen LogP contribution in [0.5, 0.6) is 11.5 Å². The molecule has 0 bridgehead atoms. The molecule has 6 heteroatoms. The van der Waals surface area contributed by atoms with E-state index in [-0.39, 0.29) is 16.6 Å². The SMILES string of the molecule is COc1cc(OCc2ccc(F)c(Cl)c2)cc(C(N)=S)c1. The van der Waals surface area contributed by atoms with E-state index in [0.717, 1.165) is 5.56 Å². The molecule has 2 aromatic carbocycles. The molecular formula is C15H13ClFNO2S. The first-order valence-corrected chi connectivity index (χ1v) is 6.84. The van der Waals surface area contributed by atoms with E-state index in [0.29, 0.717) is 17.1 Å². The molecule has 110 valence electrons. The maximum Gasteiger partial charge on any atom is 0.141 e. The van der Waals surface area contributed by atoms with Crippen molar-refractivity contribution in [3.63, 3.8) is 0 Å². The molecular weight excluding hydrogens is 313 g/mol. The topological polar surface area (TPSA) is 44.5 Å². The maximum atomic E-state index is 13.1. The standard InChI is InChI=1S/C15H13ClFNO2S/c1-19-11-5-10(15(18)21)6-12(7-11)20-8-9-2-3-14(17)13(16)4-9/h2-7H,8H2,1H3,(H2,18,21). The molecule has 0 saturated heterocycles. The summed E-state index contributed by atoms with van der Waals surface area (Å²) < 4.78 is 23.9. The van der Waals surface area contributed by atoms with Gasteiger partial charge in [-0.15, -0.1) is 0 Å². The van der Waals surface area contributed by atoms with Gasteiger partial charge >= 0.3 is 0 Å². The lowest BCUT2D eigenvalue weighted by atomic mass is 10.2. The van der Waals surface area contributed by atoms with Gasteiger partial charge in [0.2, 0.25) is 0 Å². The lowest BCUT2D eigenvalue weighted by molar-refractivity contribution is 0.303. The third-order valence-electron chi connectivity index (χ3n) is 2.79. The summed E-state index contributed by atoms with van der Waals surface area (Å²) in [6, 6.07) is 9.58. The minimum atomic E-state index is -0.461. The Hall–Kier alpha value is -1.85. The average molecular weight is 326 g/mol. The monoisotopic (exact) mass is 325 g/mol. The first-order valence-electron chi connectivity index (χ1n) is 6.05. The molecule has 0 aliphatic rings. The number of methoxy groups -OCH3 is 1. The van der Waals surface area contributed by atoms with E-state index >= 15 is 0 Å². The second-order valence-corrected chi connectivity index (χ2v) is 5.15. The van der Waals surface area contributed by atoms with Gasteiger partial charge in [0.1, 0.15) is 28.9 Å². The number of halogens is 2. The van der Waals surface area contributed by atoms with Crippen LogP contribution in [-0.2, 0) is 6.61 Å². The van der Waals surface area contributed by atoms with Gasteiger partial charge in [-0.1, -0.05) is 29.9 Å². The zero-order chi connectivity index (χ0) is 15.4. The number of benzene rings is 2. The molecule has 0 unspecified atom stereocenters. The Labute approximate surface area is 132 Å². The molecule has 0 saturated carbocycles. The van der Waals surface area contributed by atoms with Crippen molar-refractivity contribution in [1.82, 2.24) is 0 Å². The van der Waals surface area contributed by atoms with Crippen molar-refractivity contribution < 1.29 is 13.9 Å². The van der Waals surface area contributed by atoms with E-state index in [9.17, 15) is 4.39 Å². The Morgan fingerprint density at radius 3 is 2.57 bits per heavy atom. The minimum absolute atomic E-state index is 0.0607. The summed E-state index contributed by atoms with van der Waals surface area (Å²) in [5, 5.41) is 0.0607. The molecule has 0 aliphatic heterocycles. The molecule has 0 spiro atoms. The van der Waals surface area contributed by atoms with Crippen molar-refractivity contribution >= 4 is 28.8 Å². The Morgan fingerprint density at radius 1 is 1.24 bits per heavy atom. The molecule has 0 atom stereocenters. The molecule has 2 rings (SSSR count). The van der Waals surface area contributed by atoms with Gasteiger partial charge in [-0.25, -0.2) is 4.39 Å². The fraction of sp³-hybridized carbons (Fsp3) is 0.133. The van der Waals surface area contributed by atoms with Gasteiger partial charge < -0.3 is 15.2 Å². The van der Waals surface area contributed by atoms with Crippen molar-refractivity contribution in [3.05, 3.63) is 58.4 Å². The number of nitrogens with two attached hydrogens (primary N) is 1. The van der Waals surface area contributed by atoms with Crippen molar-refractivity contribution in [2.45, 2.75) is 6.61 Å². The van der Waals surface area contributed by atoms with Crippen LogP contribution in [0.15, 0.2) is 36.4 Å². The first-order chi connectivity index (χ1) is 9.99. The van der Waals surface area contributed by atoms with Crippen molar-refractivity contribution in [3.8, 4) is 11.5 Å². The molecule has 3 nitrogen and oxygen atoms in total. The lowest BCUT2D eigenvalue weighted by Crippen LogP contribution is -2.09. The average Bonchev–Trinajstić information content (AvgIpc) is 2.48. The van der Waals surface area contributed by atoms with Gasteiger partial charge in [0.15, 0.2) is 0 Å². The van der Waals surface area contributed by atoms with E-state index in [1.54, 1.807) is 31.4 Å². The van der Waals surface area contributed by atoms with Crippen LogP contribution in [0.2, 0.25) is 5.02 Å². The highest BCUT2D eigenvalue weighted by Crippen LogP contribution is 2.24. The second-order valence-electron chi connectivity index (χ2n) is 4.30. The zero-order valence-electron chi connectivity index (χ0n) is 11.2. The van der Waals surface area contributed by atoms with E-state index < -0.39 is 5.82 Å². The molecule has 0 aromatic heterocycles. The summed E-state index contributed by atoms with van der Waals surface area (Å²) in [7, 11) is 1.54. The van der Waals surface area contributed by atoms with Crippen LogP contribution in [0.3, 0.4) is 0 Å². The highest BCUT2D eigenvalue weighted by atomic mass is 35.5. The summed E-state index contributed by atoms with van der Waals surface area (Å²) >= 11 is 10.7. The second kappa shape index (κ2) is 6.74. The highest BCUT2D eigenvalue weighted by molar-refractivity contribution is 7.80. The Morgan fingerprint density at radius 2 is 1.95 bits per heavy atom.